The predicted octanol–water partition coefficient (Wildman–Crippen LogP) is 3.19. The lowest BCUT2D eigenvalue weighted by atomic mass is 10.1. The molecule has 1 aliphatic heterocycles. The van der Waals surface area contributed by atoms with Crippen LogP contribution in [-0.4, -0.2) is 43.8 Å². The molecule has 1 saturated heterocycles. The lowest BCUT2D eigenvalue weighted by Gasteiger charge is -2.15. The molecule has 4 nitrogen and oxygen atoms in total. The molecule has 0 saturated carbocycles. The molecular formula is C14H31NO3S. The first-order chi connectivity index (χ1) is 8.86. The summed E-state index contributed by atoms with van der Waals surface area (Å²) in [4.78, 5) is 2.67. The van der Waals surface area contributed by atoms with Crippen molar-refractivity contribution in [1.82, 2.24) is 4.90 Å². The van der Waals surface area contributed by atoms with Crippen LogP contribution in [0.5, 0.6) is 0 Å². The second-order valence-corrected chi connectivity index (χ2v) is 6.98. The zero-order valence-corrected chi connectivity index (χ0v) is 13.6. The van der Waals surface area contributed by atoms with Crippen molar-refractivity contribution < 1.29 is 13.0 Å². The summed E-state index contributed by atoms with van der Waals surface area (Å²) >= 11 is 0. The summed E-state index contributed by atoms with van der Waals surface area (Å²) in [5.74, 6) is 1.01. The van der Waals surface area contributed by atoms with Crippen LogP contribution in [0.3, 0.4) is 0 Å². The Morgan fingerprint density at radius 1 is 1.16 bits per heavy atom. The number of hydrogen-bond acceptors (Lipinski definition) is 3. The van der Waals surface area contributed by atoms with Crippen LogP contribution in [0.2, 0.25) is 0 Å². The Morgan fingerprint density at radius 2 is 1.74 bits per heavy atom. The highest BCUT2D eigenvalue weighted by Crippen LogP contribution is 2.19. The molecule has 116 valence electrons. The van der Waals surface area contributed by atoms with E-state index in [1.54, 1.807) is 0 Å². The molecule has 1 heterocycles. The van der Waals surface area contributed by atoms with Gasteiger partial charge >= 0.3 is 0 Å². The molecule has 0 amide bonds. The summed E-state index contributed by atoms with van der Waals surface area (Å²) in [6.07, 6.45) is 10.7. The van der Waals surface area contributed by atoms with Crippen molar-refractivity contribution in [3.8, 4) is 0 Å². The molecule has 5 heteroatoms. The van der Waals surface area contributed by atoms with Gasteiger partial charge in [0.1, 0.15) is 0 Å². The standard InChI is InChI=1S/C13H27N.CH4O3S/c1-3-5-6-7-8-10-14-11-9-13(4-2)12-14;1-5(2,3)4/h13H,3-12H2,1-2H3;1H3,(H,2,3,4). The molecular weight excluding hydrogens is 262 g/mol. The minimum atomic E-state index is -3.67. The Labute approximate surface area is 119 Å². The highest BCUT2D eigenvalue weighted by Gasteiger charge is 2.19. The molecule has 0 aromatic rings. The van der Waals surface area contributed by atoms with Crippen molar-refractivity contribution in [3.05, 3.63) is 0 Å². The van der Waals surface area contributed by atoms with Gasteiger partial charge in [-0.2, -0.15) is 8.42 Å². The number of hydrogen-bond donors (Lipinski definition) is 1. The van der Waals surface area contributed by atoms with Gasteiger partial charge in [0, 0.05) is 6.54 Å². The van der Waals surface area contributed by atoms with E-state index in [4.69, 9.17) is 4.55 Å². The molecule has 1 atom stereocenters. The molecule has 0 spiro atoms. The van der Waals surface area contributed by atoms with E-state index in [1.165, 1.54) is 64.6 Å². The van der Waals surface area contributed by atoms with E-state index < -0.39 is 10.1 Å². The number of rotatable bonds is 7. The Morgan fingerprint density at radius 3 is 2.21 bits per heavy atom. The third kappa shape index (κ3) is 14.1. The van der Waals surface area contributed by atoms with Gasteiger partial charge in [-0.25, -0.2) is 0 Å². The van der Waals surface area contributed by atoms with Crippen molar-refractivity contribution in [2.24, 2.45) is 5.92 Å². The Bertz CT molecular complexity index is 296. The molecule has 0 radical (unpaired) electrons. The number of nitrogens with zero attached hydrogens (tertiary/aromatic N) is 1. The first-order valence-corrected chi connectivity index (χ1v) is 9.36. The Kier molecular flexibility index (Phi) is 10.6. The molecule has 0 aromatic carbocycles. The summed E-state index contributed by atoms with van der Waals surface area (Å²) < 4.78 is 25.9. The van der Waals surface area contributed by atoms with E-state index in [2.05, 4.69) is 18.7 Å². The summed E-state index contributed by atoms with van der Waals surface area (Å²) in [5, 5.41) is 0. The SMILES string of the molecule is CCCCCCCN1CCC(CC)C1.CS(=O)(=O)O. The Hall–Kier alpha value is -0.130. The van der Waals surface area contributed by atoms with Crippen molar-refractivity contribution in [2.45, 2.75) is 58.8 Å². The topological polar surface area (TPSA) is 57.6 Å². The van der Waals surface area contributed by atoms with E-state index in [0.717, 1.165) is 5.92 Å². The zero-order chi connectivity index (χ0) is 14.7. The largest absolute Gasteiger partial charge is 0.303 e. The third-order valence-electron chi connectivity index (χ3n) is 3.53. The smallest absolute Gasteiger partial charge is 0.261 e. The minimum absolute atomic E-state index is 0.715. The summed E-state index contributed by atoms with van der Waals surface area (Å²) in [6.45, 7) is 8.72. The van der Waals surface area contributed by atoms with Crippen molar-refractivity contribution >= 4 is 10.1 Å². The molecule has 1 aliphatic rings. The molecule has 0 aromatic heterocycles. The fourth-order valence-electron chi connectivity index (χ4n) is 2.39. The van der Waals surface area contributed by atoms with Crippen LogP contribution in [-0.2, 0) is 10.1 Å². The van der Waals surface area contributed by atoms with Gasteiger partial charge in [0.2, 0.25) is 0 Å². The average molecular weight is 293 g/mol. The summed E-state index contributed by atoms with van der Waals surface area (Å²) in [5.41, 5.74) is 0. The lowest BCUT2D eigenvalue weighted by molar-refractivity contribution is 0.313. The molecule has 1 fully saturated rings. The molecule has 0 bridgehead atoms. The second kappa shape index (κ2) is 10.6. The van der Waals surface area contributed by atoms with Gasteiger partial charge in [0.25, 0.3) is 10.1 Å². The average Bonchev–Trinajstić information content (AvgIpc) is 2.74. The van der Waals surface area contributed by atoms with Crippen LogP contribution >= 0.6 is 0 Å². The van der Waals surface area contributed by atoms with Crippen LogP contribution in [0.15, 0.2) is 0 Å². The Balaban J connectivity index is 0.000000555. The number of unbranched alkanes of at least 4 members (excludes halogenated alkanes) is 4. The van der Waals surface area contributed by atoms with Crippen LogP contribution in [0.25, 0.3) is 0 Å². The number of likely N-dealkylation sites (tertiary alicyclic amines) is 1. The first-order valence-electron chi connectivity index (χ1n) is 7.51. The van der Waals surface area contributed by atoms with Gasteiger partial charge in [0.05, 0.1) is 6.26 Å². The van der Waals surface area contributed by atoms with Crippen LogP contribution in [0.1, 0.15) is 58.8 Å². The van der Waals surface area contributed by atoms with Gasteiger partial charge < -0.3 is 4.90 Å². The van der Waals surface area contributed by atoms with E-state index in [0.29, 0.717) is 6.26 Å². The highest BCUT2D eigenvalue weighted by atomic mass is 32.2. The molecule has 19 heavy (non-hydrogen) atoms. The van der Waals surface area contributed by atoms with E-state index in [9.17, 15) is 8.42 Å². The fraction of sp³-hybridized carbons (Fsp3) is 1.00. The van der Waals surface area contributed by atoms with Gasteiger partial charge in [-0.15, -0.1) is 0 Å². The van der Waals surface area contributed by atoms with Crippen LogP contribution < -0.4 is 0 Å². The molecule has 1 unspecified atom stereocenters. The lowest BCUT2D eigenvalue weighted by Crippen LogP contribution is -2.21. The fourth-order valence-corrected chi connectivity index (χ4v) is 2.39. The third-order valence-corrected chi connectivity index (χ3v) is 3.53. The van der Waals surface area contributed by atoms with E-state index in [1.807, 2.05) is 0 Å². The van der Waals surface area contributed by atoms with Crippen molar-refractivity contribution in [2.75, 3.05) is 25.9 Å². The monoisotopic (exact) mass is 293 g/mol. The summed E-state index contributed by atoms with van der Waals surface area (Å²) in [7, 11) is -3.67. The van der Waals surface area contributed by atoms with Gasteiger partial charge in [-0.05, 0) is 31.8 Å². The highest BCUT2D eigenvalue weighted by molar-refractivity contribution is 7.85. The van der Waals surface area contributed by atoms with Crippen molar-refractivity contribution in [1.29, 1.82) is 0 Å². The molecule has 1 rings (SSSR count). The van der Waals surface area contributed by atoms with Crippen molar-refractivity contribution in [3.63, 3.8) is 0 Å². The van der Waals surface area contributed by atoms with Gasteiger partial charge in [0.15, 0.2) is 0 Å². The van der Waals surface area contributed by atoms with Gasteiger partial charge in [-0.1, -0.05) is 46.0 Å². The second-order valence-electron chi connectivity index (χ2n) is 5.51. The predicted molar refractivity (Wildman–Crippen MR) is 81.1 cm³/mol. The minimum Gasteiger partial charge on any atom is -0.303 e. The van der Waals surface area contributed by atoms with E-state index >= 15 is 0 Å². The molecule has 1 N–H and O–H groups in total. The maximum atomic E-state index is 9.19. The maximum absolute atomic E-state index is 9.19. The summed E-state index contributed by atoms with van der Waals surface area (Å²) in [6, 6.07) is 0. The maximum Gasteiger partial charge on any atom is 0.261 e. The molecule has 0 aliphatic carbocycles. The normalized spacial score (nSPS) is 20.1. The zero-order valence-electron chi connectivity index (χ0n) is 12.8. The quantitative estimate of drug-likeness (QED) is 0.578. The van der Waals surface area contributed by atoms with E-state index in [-0.39, 0.29) is 0 Å². The first kappa shape index (κ1) is 18.9. The van der Waals surface area contributed by atoms with Crippen LogP contribution in [0, 0.1) is 5.92 Å². The van der Waals surface area contributed by atoms with Crippen LogP contribution in [0.4, 0.5) is 0 Å². The van der Waals surface area contributed by atoms with Gasteiger partial charge in [-0.3, -0.25) is 4.55 Å².